The summed E-state index contributed by atoms with van der Waals surface area (Å²) in [5.74, 6) is 0.102. The van der Waals surface area contributed by atoms with E-state index in [0.29, 0.717) is 18.9 Å². The first-order chi connectivity index (χ1) is 6.60. The molecule has 0 radical (unpaired) electrons. The highest BCUT2D eigenvalue weighted by Crippen LogP contribution is 2.05. The van der Waals surface area contributed by atoms with Crippen molar-refractivity contribution in [2.24, 2.45) is 5.92 Å². The summed E-state index contributed by atoms with van der Waals surface area (Å²) in [6.07, 6.45) is 1.75. The van der Waals surface area contributed by atoms with Gasteiger partial charge in [0.15, 0.2) is 0 Å². The maximum Gasteiger partial charge on any atom is 0.307 e. The van der Waals surface area contributed by atoms with Crippen molar-refractivity contribution >= 4 is 11.9 Å². The summed E-state index contributed by atoms with van der Waals surface area (Å²) < 4.78 is 4.44. The minimum Gasteiger partial charge on any atom is -0.469 e. The summed E-state index contributed by atoms with van der Waals surface area (Å²) in [6.45, 7) is 4.44. The van der Waals surface area contributed by atoms with Gasteiger partial charge in [-0.3, -0.25) is 9.59 Å². The zero-order valence-corrected chi connectivity index (χ0v) is 9.13. The van der Waals surface area contributed by atoms with Crippen molar-refractivity contribution in [2.75, 3.05) is 13.7 Å². The van der Waals surface area contributed by atoms with Gasteiger partial charge >= 0.3 is 5.97 Å². The Bertz CT molecular complexity index is 192. The highest BCUT2D eigenvalue weighted by molar-refractivity contribution is 5.77. The van der Waals surface area contributed by atoms with Crippen LogP contribution in [0.2, 0.25) is 0 Å². The molecule has 0 rings (SSSR count). The maximum atomic E-state index is 11.2. The fourth-order valence-corrected chi connectivity index (χ4v) is 0.939. The Morgan fingerprint density at radius 2 is 2.07 bits per heavy atom. The number of methoxy groups -OCH3 is 1. The van der Waals surface area contributed by atoms with Gasteiger partial charge in [-0.15, -0.1) is 0 Å². The number of hydrogen-bond acceptors (Lipinski definition) is 3. The average Bonchev–Trinajstić information content (AvgIpc) is 2.17. The molecule has 0 aromatic rings. The highest BCUT2D eigenvalue weighted by atomic mass is 16.5. The Morgan fingerprint density at radius 3 is 2.57 bits per heavy atom. The average molecular weight is 201 g/mol. The Hall–Kier alpha value is -1.06. The zero-order valence-electron chi connectivity index (χ0n) is 9.13. The molecule has 0 saturated carbocycles. The molecule has 1 unspecified atom stereocenters. The number of esters is 1. The minimum absolute atomic E-state index is 0.00301. The van der Waals surface area contributed by atoms with Gasteiger partial charge in [0.05, 0.1) is 13.5 Å². The van der Waals surface area contributed by atoms with Gasteiger partial charge in [-0.25, -0.2) is 0 Å². The standard InChI is InChI=1S/C10H19NO3/c1-4-8(2)7-9(12)11-6-5-10(13)14-3/h8H,4-7H2,1-3H3,(H,11,12). The van der Waals surface area contributed by atoms with E-state index in [1.807, 2.05) is 13.8 Å². The van der Waals surface area contributed by atoms with Crippen molar-refractivity contribution in [2.45, 2.75) is 33.1 Å². The topological polar surface area (TPSA) is 55.4 Å². The van der Waals surface area contributed by atoms with Gasteiger partial charge in [0.1, 0.15) is 0 Å². The molecule has 82 valence electrons. The van der Waals surface area contributed by atoms with Crippen molar-refractivity contribution in [3.63, 3.8) is 0 Å². The molecule has 0 spiro atoms. The van der Waals surface area contributed by atoms with Crippen LogP contribution in [0.4, 0.5) is 0 Å². The van der Waals surface area contributed by atoms with E-state index < -0.39 is 0 Å². The second kappa shape index (κ2) is 7.35. The van der Waals surface area contributed by atoms with Gasteiger partial charge in [-0.05, 0) is 5.92 Å². The lowest BCUT2D eigenvalue weighted by atomic mass is 10.1. The summed E-state index contributed by atoms with van der Waals surface area (Å²) in [5.41, 5.74) is 0. The van der Waals surface area contributed by atoms with Crippen LogP contribution < -0.4 is 5.32 Å². The summed E-state index contributed by atoms with van der Waals surface area (Å²) in [5, 5.41) is 2.67. The Labute approximate surface area is 85.0 Å². The largest absolute Gasteiger partial charge is 0.469 e. The molecule has 0 aliphatic rings. The first-order valence-corrected chi connectivity index (χ1v) is 4.93. The molecular formula is C10H19NO3. The number of carbonyl (C=O) groups excluding carboxylic acids is 2. The van der Waals surface area contributed by atoms with Gasteiger partial charge in [0.25, 0.3) is 0 Å². The van der Waals surface area contributed by atoms with Crippen LogP contribution in [0.5, 0.6) is 0 Å². The van der Waals surface area contributed by atoms with Crippen LogP contribution in [0.1, 0.15) is 33.1 Å². The first kappa shape index (κ1) is 12.9. The molecule has 0 aromatic carbocycles. The Balaban J connectivity index is 3.49. The molecule has 4 heteroatoms. The second-order valence-corrected chi connectivity index (χ2v) is 3.39. The van der Waals surface area contributed by atoms with Crippen molar-refractivity contribution in [1.82, 2.24) is 5.32 Å². The summed E-state index contributed by atoms with van der Waals surface area (Å²) >= 11 is 0. The highest BCUT2D eigenvalue weighted by Gasteiger charge is 2.07. The van der Waals surface area contributed by atoms with Crippen LogP contribution in [0.15, 0.2) is 0 Å². The van der Waals surface area contributed by atoms with Crippen molar-refractivity contribution in [1.29, 1.82) is 0 Å². The summed E-state index contributed by atoms with van der Waals surface area (Å²) in [4.78, 5) is 21.9. The fraction of sp³-hybridized carbons (Fsp3) is 0.800. The van der Waals surface area contributed by atoms with E-state index in [2.05, 4.69) is 10.1 Å². The molecule has 0 fully saturated rings. The summed E-state index contributed by atoms with van der Waals surface area (Å²) in [6, 6.07) is 0. The molecule has 0 bridgehead atoms. The molecule has 14 heavy (non-hydrogen) atoms. The van der Waals surface area contributed by atoms with E-state index in [1.54, 1.807) is 0 Å². The predicted octanol–water partition coefficient (Wildman–Crippen LogP) is 1.10. The normalized spacial score (nSPS) is 11.9. The Kier molecular flexibility index (Phi) is 6.80. The first-order valence-electron chi connectivity index (χ1n) is 4.93. The smallest absolute Gasteiger partial charge is 0.307 e. The van der Waals surface area contributed by atoms with Gasteiger partial charge in [-0.2, -0.15) is 0 Å². The Morgan fingerprint density at radius 1 is 1.43 bits per heavy atom. The SMILES string of the molecule is CCC(C)CC(=O)NCCC(=O)OC. The van der Waals surface area contributed by atoms with E-state index in [0.717, 1.165) is 6.42 Å². The zero-order chi connectivity index (χ0) is 11.0. The van der Waals surface area contributed by atoms with Gasteiger partial charge in [0, 0.05) is 13.0 Å². The molecule has 1 N–H and O–H groups in total. The van der Waals surface area contributed by atoms with E-state index in [9.17, 15) is 9.59 Å². The molecule has 0 aliphatic carbocycles. The van der Waals surface area contributed by atoms with Crippen LogP contribution >= 0.6 is 0 Å². The third kappa shape index (κ3) is 6.46. The molecule has 1 amide bonds. The molecular weight excluding hydrogens is 182 g/mol. The quantitative estimate of drug-likeness (QED) is 0.655. The van der Waals surface area contributed by atoms with E-state index >= 15 is 0 Å². The third-order valence-electron chi connectivity index (χ3n) is 2.11. The lowest BCUT2D eigenvalue weighted by Crippen LogP contribution is -2.27. The third-order valence-corrected chi connectivity index (χ3v) is 2.11. The molecule has 0 heterocycles. The van der Waals surface area contributed by atoms with Crippen LogP contribution in [-0.2, 0) is 14.3 Å². The van der Waals surface area contributed by atoms with Crippen molar-refractivity contribution in [3.05, 3.63) is 0 Å². The molecule has 0 aromatic heterocycles. The molecule has 1 atom stereocenters. The van der Waals surface area contributed by atoms with Crippen molar-refractivity contribution < 1.29 is 14.3 Å². The maximum absolute atomic E-state index is 11.2. The van der Waals surface area contributed by atoms with Crippen LogP contribution in [-0.4, -0.2) is 25.5 Å². The van der Waals surface area contributed by atoms with E-state index in [4.69, 9.17) is 0 Å². The molecule has 4 nitrogen and oxygen atoms in total. The number of amides is 1. The number of hydrogen-bond donors (Lipinski definition) is 1. The molecule has 0 aliphatic heterocycles. The van der Waals surface area contributed by atoms with E-state index in [1.165, 1.54) is 7.11 Å². The lowest BCUT2D eigenvalue weighted by Gasteiger charge is -2.08. The minimum atomic E-state index is -0.297. The van der Waals surface area contributed by atoms with Crippen LogP contribution in [0, 0.1) is 5.92 Å². The lowest BCUT2D eigenvalue weighted by molar-refractivity contribution is -0.140. The monoisotopic (exact) mass is 201 g/mol. The van der Waals surface area contributed by atoms with Crippen LogP contribution in [0.3, 0.4) is 0 Å². The van der Waals surface area contributed by atoms with E-state index in [-0.39, 0.29) is 18.3 Å². The van der Waals surface area contributed by atoms with Crippen LogP contribution in [0.25, 0.3) is 0 Å². The number of ether oxygens (including phenoxy) is 1. The van der Waals surface area contributed by atoms with Gasteiger partial charge in [-0.1, -0.05) is 20.3 Å². The fourth-order valence-electron chi connectivity index (χ4n) is 0.939. The summed E-state index contributed by atoms with van der Waals surface area (Å²) in [7, 11) is 1.34. The number of rotatable bonds is 6. The van der Waals surface area contributed by atoms with Crippen molar-refractivity contribution in [3.8, 4) is 0 Å². The number of carbonyl (C=O) groups is 2. The predicted molar refractivity (Wildman–Crippen MR) is 53.7 cm³/mol. The second-order valence-electron chi connectivity index (χ2n) is 3.39. The number of nitrogens with one attached hydrogen (secondary N) is 1. The van der Waals surface area contributed by atoms with Gasteiger partial charge in [0.2, 0.25) is 5.91 Å². The van der Waals surface area contributed by atoms with Gasteiger partial charge < -0.3 is 10.1 Å². The molecule has 0 saturated heterocycles.